The van der Waals surface area contributed by atoms with Crippen molar-refractivity contribution in [2.75, 3.05) is 13.2 Å². The molecule has 0 amide bonds. The summed E-state index contributed by atoms with van der Waals surface area (Å²) in [5.41, 5.74) is 0. The summed E-state index contributed by atoms with van der Waals surface area (Å²) in [6.07, 6.45) is -1.69. The van der Waals surface area contributed by atoms with Crippen LogP contribution in [0.2, 0.25) is 0 Å². The van der Waals surface area contributed by atoms with Crippen LogP contribution in [0.15, 0.2) is 0 Å². The highest BCUT2D eigenvalue weighted by molar-refractivity contribution is 5.05. The van der Waals surface area contributed by atoms with E-state index in [0.717, 1.165) is 0 Å². The lowest BCUT2D eigenvalue weighted by Crippen LogP contribution is -2.40. The predicted octanol–water partition coefficient (Wildman–Crippen LogP) is -2.48. The van der Waals surface area contributed by atoms with Crippen molar-refractivity contribution in [1.29, 1.82) is 0 Å². The van der Waals surface area contributed by atoms with Crippen molar-refractivity contribution in [1.82, 2.24) is 4.90 Å². The molecule has 13 heavy (non-hydrogen) atoms. The second kappa shape index (κ2) is 3.18. The first kappa shape index (κ1) is 9.36. The summed E-state index contributed by atoms with van der Waals surface area (Å²) < 4.78 is 0. The van der Waals surface area contributed by atoms with Crippen molar-refractivity contribution < 1.29 is 20.4 Å². The highest BCUT2D eigenvalue weighted by Gasteiger charge is 2.51. The van der Waals surface area contributed by atoms with E-state index in [0.29, 0.717) is 13.0 Å². The van der Waals surface area contributed by atoms with Crippen molar-refractivity contribution >= 4 is 0 Å². The molecule has 1 unspecified atom stereocenters. The van der Waals surface area contributed by atoms with Gasteiger partial charge < -0.3 is 20.4 Å². The fourth-order valence-electron chi connectivity index (χ4n) is 2.45. The molecule has 76 valence electrons. The van der Waals surface area contributed by atoms with Gasteiger partial charge in [-0.05, 0) is 6.42 Å². The van der Waals surface area contributed by atoms with Crippen LogP contribution in [0.3, 0.4) is 0 Å². The van der Waals surface area contributed by atoms with Crippen molar-refractivity contribution in [2.45, 2.75) is 36.8 Å². The third kappa shape index (κ3) is 1.28. The zero-order chi connectivity index (χ0) is 9.59. The molecule has 0 aromatic rings. The number of hydrogen-bond acceptors (Lipinski definition) is 5. The Hall–Kier alpha value is -0.200. The zero-order valence-electron chi connectivity index (χ0n) is 7.24. The summed E-state index contributed by atoms with van der Waals surface area (Å²) in [4.78, 5) is 1.79. The molecular weight excluding hydrogens is 174 g/mol. The first-order chi connectivity index (χ1) is 6.15. The minimum atomic E-state index is -0.887. The van der Waals surface area contributed by atoms with Crippen molar-refractivity contribution in [3.8, 4) is 0 Å². The fourth-order valence-corrected chi connectivity index (χ4v) is 2.45. The Bertz CT molecular complexity index is 199. The Morgan fingerprint density at radius 2 is 1.85 bits per heavy atom. The van der Waals surface area contributed by atoms with Crippen molar-refractivity contribution in [3.63, 3.8) is 0 Å². The van der Waals surface area contributed by atoms with Gasteiger partial charge in [0.25, 0.3) is 0 Å². The number of hydrogen-bond donors (Lipinski definition) is 4. The van der Waals surface area contributed by atoms with Crippen LogP contribution in [0, 0.1) is 0 Å². The molecule has 5 heteroatoms. The minimum Gasteiger partial charge on any atom is -0.395 e. The molecule has 2 aliphatic rings. The largest absolute Gasteiger partial charge is 0.395 e. The zero-order valence-corrected chi connectivity index (χ0v) is 7.24. The van der Waals surface area contributed by atoms with Gasteiger partial charge in [0, 0.05) is 12.6 Å². The highest BCUT2D eigenvalue weighted by atomic mass is 16.3. The van der Waals surface area contributed by atoms with Gasteiger partial charge >= 0.3 is 0 Å². The lowest BCUT2D eigenvalue weighted by atomic mass is 10.0. The van der Waals surface area contributed by atoms with Gasteiger partial charge in [-0.25, -0.2) is 0 Å². The van der Waals surface area contributed by atoms with Gasteiger partial charge in [-0.2, -0.15) is 0 Å². The average molecular weight is 189 g/mol. The molecule has 4 N–H and O–H groups in total. The smallest absolute Gasteiger partial charge is 0.0991 e. The molecule has 2 heterocycles. The van der Waals surface area contributed by atoms with Gasteiger partial charge in [0.05, 0.1) is 31.0 Å². The Labute approximate surface area is 76.2 Å². The first-order valence-corrected chi connectivity index (χ1v) is 4.56. The summed E-state index contributed by atoms with van der Waals surface area (Å²) in [6, 6.07) is -0.612. The van der Waals surface area contributed by atoms with E-state index in [9.17, 15) is 15.3 Å². The topological polar surface area (TPSA) is 84.2 Å². The van der Waals surface area contributed by atoms with Gasteiger partial charge in [0.2, 0.25) is 0 Å². The summed E-state index contributed by atoms with van der Waals surface area (Å²) in [5, 5.41) is 37.4. The molecule has 2 saturated heterocycles. The predicted molar refractivity (Wildman–Crippen MR) is 44.0 cm³/mol. The number of rotatable bonds is 1. The fraction of sp³-hybridized carbons (Fsp3) is 1.00. The average Bonchev–Trinajstić information content (AvgIpc) is 2.54. The van der Waals surface area contributed by atoms with E-state index >= 15 is 0 Å². The molecule has 0 saturated carbocycles. The maximum Gasteiger partial charge on any atom is 0.0991 e. The van der Waals surface area contributed by atoms with E-state index in [-0.39, 0.29) is 12.6 Å². The molecule has 0 spiro atoms. The normalized spacial score (nSPS) is 51.2. The lowest BCUT2D eigenvalue weighted by molar-refractivity contribution is 0.00859. The summed E-state index contributed by atoms with van der Waals surface area (Å²) in [5.74, 6) is 0. The lowest BCUT2D eigenvalue weighted by Gasteiger charge is -2.22. The van der Waals surface area contributed by atoms with E-state index in [1.807, 2.05) is 0 Å². The molecule has 0 radical (unpaired) electrons. The van der Waals surface area contributed by atoms with Crippen LogP contribution in [-0.2, 0) is 0 Å². The molecule has 2 fully saturated rings. The molecule has 2 aliphatic heterocycles. The van der Waals surface area contributed by atoms with Gasteiger partial charge in [-0.1, -0.05) is 0 Å². The van der Waals surface area contributed by atoms with E-state index < -0.39 is 24.4 Å². The maximum absolute atomic E-state index is 9.57. The highest BCUT2D eigenvalue weighted by Crippen LogP contribution is 2.32. The maximum atomic E-state index is 9.57. The van der Waals surface area contributed by atoms with Crippen LogP contribution in [0.5, 0.6) is 0 Å². The van der Waals surface area contributed by atoms with Crippen molar-refractivity contribution in [2.24, 2.45) is 0 Å². The molecule has 0 aromatic carbocycles. The van der Waals surface area contributed by atoms with Gasteiger partial charge in [0.1, 0.15) is 0 Å². The van der Waals surface area contributed by atoms with Gasteiger partial charge in [-0.15, -0.1) is 0 Å². The van der Waals surface area contributed by atoms with Crippen LogP contribution in [0.4, 0.5) is 0 Å². The van der Waals surface area contributed by atoms with Crippen LogP contribution in [-0.4, -0.2) is 68.9 Å². The Balaban J connectivity index is 2.15. The molecule has 5 atom stereocenters. The molecular formula is C8H15NO4. The second-order valence-electron chi connectivity index (χ2n) is 3.88. The third-order valence-corrected chi connectivity index (χ3v) is 3.11. The second-order valence-corrected chi connectivity index (χ2v) is 3.88. The molecule has 2 rings (SSSR count). The Morgan fingerprint density at radius 3 is 2.46 bits per heavy atom. The quantitative estimate of drug-likeness (QED) is 0.367. The molecule has 0 aromatic heterocycles. The van der Waals surface area contributed by atoms with E-state index in [4.69, 9.17) is 5.11 Å². The van der Waals surface area contributed by atoms with Crippen molar-refractivity contribution in [3.05, 3.63) is 0 Å². The van der Waals surface area contributed by atoms with Crippen LogP contribution >= 0.6 is 0 Å². The first-order valence-electron chi connectivity index (χ1n) is 4.56. The SMILES string of the molecule is OC[C@@H]1[C@@H](O)[C@H](O)[C@H]2CC(O)CN12. The summed E-state index contributed by atoms with van der Waals surface area (Å²) in [6.45, 7) is 0.255. The number of nitrogens with zero attached hydrogens (tertiary/aromatic N) is 1. The third-order valence-electron chi connectivity index (χ3n) is 3.11. The van der Waals surface area contributed by atoms with Gasteiger partial charge in [-0.3, -0.25) is 4.90 Å². The Kier molecular flexibility index (Phi) is 2.29. The summed E-state index contributed by atoms with van der Waals surface area (Å²) >= 11 is 0. The van der Waals surface area contributed by atoms with E-state index in [1.54, 1.807) is 4.90 Å². The van der Waals surface area contributed by atoms with E-state index in [2.05, 4.69) is 0 Å². The molecule has 5 nitrogen and oxygen atoms in total. The Morgan fingerprint density at radius 1 is 1.15 bits per heavy atom. The number of aliphatic hydroxyl groups excluding tert-OH is 4. The number of aliphatic hydroxyl groups is 4. The molecule has 0 aliphatic carbocycles. The molecule has 0 bridgehead atoms. The van der Waals surface area contributed by atoms with Crippen LogP contribution < -0.4 is 0 Å². The summed E-state index contributed by atoms with van der Waals surface area (Å²) in [7, 11) is 0. The van der Waals surface area contributed by atoms with E-state index in [1.165, 1.54) is 0 Å². The monoisotopic (exact) mass is 189 g/mol. The number of fused-ring (bicyclic) bond motifs is 1. The minimum absolute atomic E-state index is 0.179. The van der Waals surface area contributed by atoms with Gasteiger partial charge in [0.15, 0.2) is 0 Å². The standard InChI is InChI=1S/C8H15NO4/c10-3-6-8(13)7(12)5-1-4(11)2-9(5)6/h4-8,10-13H,1-3H2/t4?,5-,6-,7-,8-/m1/s1. The van der Waals surface area contributed by atoms with Crippen LogP contribution in [0.25, 0.3) is 0 Å². The van der Waals surface area contributed by atoms with Crippen LogP contribution in [0.1, 0.15) is 6.42 Å².